The topological polar surface area (TPSA) is 87.6 Å². The van der Waals surface area contributed by atoms with Crippen LogP contribution in [0.15, 0.2) is 27.5 Å². The van der Waals surface area contributed by atoms with Crippen LogP contribution in [0.2, 0.25) is 0 Å². The van der Waals surface area contributed by atoms with Crippen molar-refractivity contribution in [1.29, 1.82) is 0 Å². The Balaban J connectivity index is 1.18. The standard InChI is InChI=1S/C25H33N5O3/c1-16-6-7-20-21(15-16)33-27-23(20)29-13-11-28(12-14-29)9-4-5-19-18(3)26-24-22(31)17(2)8-10-30(24)25(19)32/h6-7,15,17,22,31H,4-5,8-14H2,1-3H3. The maximum absolute atomic E-state index is 13.0. The van der Waals surface area contributed by atoms with Crippen LogP contribution in [0.5, 0.6) is 0 Å². The zero-order valence-electron chi connectivity index (χ0n) is 19.8. The van der Waals surface area contributed by atoms with Gasteiger partial charge in [-0.3, -0.25) is 14.3 Å². The fourth-order valence-corrected chi connectivity index (χ4v) is 5.12. The Morgan fingerprint density at radius 2 is 1.94 bits per heavy atom. The van der Waals surface area contributed by atoms with Crippen molar-refractivity contribution >= 4 is 16.8 Å². The van der Waals surface area contributed by atoms with Crippen LogP contribution in [-0.4, -0.2) is 57.4 Å². The highest BCUT2D eigenvalue weighted by Gasteiger charge is 2.28. The summed E-state index contributed by atoms with van der Waals surface area (Å²) in [5.74, 6) is 1.61. The number of fused-ring (bicyclic) bond motifs is 2. The van der Waals surface area contributed by atoms with Crippen LogP contribution >= 0.6 is 0 Å². The number of piperazine rings is 1. The monoisotopic (exact) mass is 451 g/mol. The molecule has 0 aliphatic carbocycles. The van der Waals surface area contributed by atoms with Gasteiger partial charge in [0, 0.05) is 44.0 Å². The van der Waals surface area contributed by atoms with Crippen LogP contribution in [0.25, 0.3) is 11.0 Å². The van der Waals surface area contributed by atoms with E-state index in [1.165, 1.54) is 5.56 Å². The average Bonchev–Trinajstić information content (AvgIpc) is 3.22. The Hall–Kier alpha value is -2.71. The van der Waals surface area contributed by atoms with Gasteiger partial charge >= 0.3 is 0 Å². The Kier molecular flexibility index (Phi) is 5.97. The summed E-state index contributed by atoms with van der Waals surface area (Å²) < 4.78 is 7.23. The molecule has 33 heavy (non-hydrogen) atoms. The van der Waals surface area contributed by atoms with Gasteiger partial charge in [0.2, 0.25) is 0 Å². The molecule has 3 aromatic rings. The first-order valence-electron chi connectivity index (χ1n) is 12.0. The summed E-state index contributed by atoms with van der Waals surface area (Å²) >= 11 is 0. The Bertz CT molecular complexity index is 1210. The molecule has 176 valence electrons. The van der Waals surface area contributed by atoms with Gasteiger partial charge < -0.3 is 14.5 Å². The van der Waals surface area contributed by atoms with E-state index in [1.807, 2.05) is 19.9 Å². The molecule has 4 heterocycles. The molecule has 0 bridgehead atoms. The van der Waals surface area contributed by atoms with Crippen LogP contribution < -0.4 is 10.5 Å². The normalized spacial score (nSPS) is 21.5. The third-order valence-electron chi connectivity index (χ3n) is 7.29. The number of nitrogens with zero attached hydrogens (tertiary/aromatic N) is 5. The zero-order valence-corrected chi connectivity index (χ0v) is 19.8. The maximum atomic E-state index is 13.0. The van der Waals surface area contributed by atoms with Crippen LogP contribution in [0, 0.1) is 19.8 Å². The summed E-state index contributed by atoms with van der Waals surface area (Å²) in [7, 11) is 0. The van der Waals surface area contributed by atoms with Crippen molar-refractivity contribution in [3.8, 4) is 0 Å². The number of anilines is 1. The molecule has 1 N–H and O–H groups in total. The SMILES string of the molecule is Cc1ccc2c(N3CCN(CCCc4c(C)nc5n(c4=O)CCC(C)C5O)CC3)noc2c1. The second-order valence-corrected chi connectivity index (χ2v) is 9.64. The number of aliphatic hydroxyl groups is 1. The Morgan fingerprint density at radius 3 is 2.73 bits per heavy atom. The summed E-state index contributed by atoms with van der Waals surface area (Å²) in [6.07, 6.45) is 1.80. The molecule has 2 aliphatic rings. The number of hydrogen-bond acceptors (Lipinski definition) is 7. The molecular weight excluding hydrogens is 418 g/mol. The number of benzene rings is 1. The first-order valence-corrected chi connectivity index (χ1v) is 12.0. The highest BCUT2D eigenvalue weighted by atomic mass is 16.5. The van der Waals surface area contributed by atoms with E-state index in [1.54, 1.807) is 4.57 Å². The van der Waals surface area contributed by atoms with Gasteiger partial charge in [-0.15, -0.1) is 0 Å². The third-order valence-corrected chi connectivity index (χ3v) is 7.29. The molecule has 0 spiro atoms. The van der Waals surface area contributed by atoms with Crippen molar-refractivity contribution in [2.24, 2.45) is 5.92 Å². The highest BCUT2D eigenvalue weighted by Crippen LogP contribution is 2.29. The van der Waals surface area contributed by atoms with Crippen LogP contribution in [0.4, 0.5) is 5.82 Å². The molecule has 0 amide bonds. The fourth-order valence-electron chi connectivity index (χ4n) is 5.12. The zero-order chi connectivity index (χ0) is 23.1. The number of rotatable bonds is 5. The molecule has 8 heteroatoms. The summed E-state index contributed by atoms with van der Waals surface area (Å²) in [4.78, 5) is 22.4. The van der Waals surface area contributed by atoms with Crippen molar-refractivity contribution in [3.63, 3.8) is 0 Å². The number of aliphatic hydroxyl groups excluding tert-OH is 1. The van der Waals surface area contributed by atoms with Crippen molar-refractivity contribution < 1.29 is 9.63 Å². The Morgan fingerprint density at radius 1 is 1.15 bits per heavy atom. The van der Waals surface area contributed by atoms with Crippen molar-refractivity contribution in [2.45, 2.75) is 52.7 Å². The van der Waals surface area contributed by atoms with E-state index >= 15 is 0 Å². The average molecular weight is 452 g/mol. The predicted octanol–water partition coefficient (Wildman–Crippen LogP) is 2.83. The number of hydrogen-bond donors (Lipinski definition) is 1. The number of aromatic nitrogens is 3. The van der Waals surface area contributed by atoms with Crippen molar-refractivity contribution in [2.75, 3.05) is 37.6 Å². The molecule has 0 saturated carbocycles. The highest BCUT2D eigenvalue weighted by molar-refractivity contribution is 5.89. The third kappa shape index (κ3) is 4.17. The van der Waals surface area contributed by atoms with Gasteiger partial charge in [0.25, 0.3) is 5.56 Å². The molecule has 2 unspecified atom stereocenters. The summed E-state index contributed by atoms with van der Waals surface area (Å²) in [6.45, 7) is 11.3. The smallest absolute Gasteiger partial charge is 0.257 e. The molecule has 1 fully saturated rings. The van der Waals surface area contributed by atoms with E-state index < -0.39 is 6.10 Å². The van der Waals surface area contributed by atoms with Gasteiger partial charge in [0.15, 0.2) is 11.4 Å². The largest absolute Gasteiger partial charge is 0.385 e. The van der Waals surface area contributed by atoms with Gasteiger partial charge in [-0.05, 0) is 63.3 Å². The molecule has 1 saturated heterocycles. The first kappa shape index (κ1) is 22.1. The molecule has 2 aromatic heterocycles. The van der Waals surface area contributed by atoms with Crippen LogP contribution in [0.3, 0.4) is 0 Å². The lowest BCUT2D eigenvalue weighted by molar-refractivity contribution is 0.0777. The van der Waals surface area contributed by atoms with Crippen LogP contribution in [0.1, 0.15) is 48.5 Å². The van der Waals surface area contributed by atoms with Crippen molar-refractivity contribution in [3.05, 3.63) is 51.2 Å². The van der Waals surface area contributed by atoms with E-state index in [2.05, 4.69) is 39.0 Å². The lowest BCUT2D eigenvalue weighted by atomic mass is 9.96. The fraction of sp³-hybridized carbons (Fsp3) is 0.560. The van der Waals surface area contributed by atoms with Gasteiger partial charge in [0.1, 0.15) is 11.9 Å². The van der Waals surface area contributed by atoms with Crippen molar-refractivity contribution in [1.82, 2.24) is 19.6 Å². The molecule has 8 nitrogen and oxygen atoms in total. The molecule has 1 aromatic carbocycles. The summed E-state index contributed by atoms with van der Waals surface area (Å²) in [5, 5.41) is 15.8. The summed E-state index contributed by atoms with van der Waals surface area (Å²) in [5.41, 5.74) is 3.60. The minimum absolute atomic E-state index is 0.0291. The molecule has 0 radical (unpaired) electrons. The minimum atomic E-state index is -0.652. The molecule has 2 atom stereocenters. The van der Waals surface area contributed by atoms with E-state index in [9.17, 15) is 9.90 Å². The van der Waals surface area contributed by atoms with Gasteiger partial charge in [-0.2, -0.15) is 0 Å². The van der Waals surface area contributed by atoms with Gasteiger partial charge in [-0.1, -0.05) is 18.1 Å². The summed E-state index contributed by atoms with van der Waals surface area (Å²) in [6, 6.07) is 6.22. The molecule has 5 rings (SSSR count). The first-order chi connectivity index (χ1) is 15.9. The van der Waals surface area contributed by atoms with Crippen LogP contribution in [-0.2, 0) is 13.0 Å². The van der Waals surface area contributed by atoms with E-state index in [0.717, 1.165) is 80.0 Å². The Labute approximate surface area is 193 Å². The minimum Gasteiger partial charge on any atom is -0.385 e. The van der Waals surface area contributed by atoms with Gasteiger partial charge in [-0.25, -0.2) is 4.98 Å². The van der Waals surface area contributed by atoms with E-state index in [0.29, 0.717) is 12.4 Å². The number of aryl methyl sites for hydroxylation is 2. The quantitative estimate of drug-likeness (QED) is 0.638. The second-order valence-electron chi connectivity index (χ2n) is 9.64. The van der Waals surface area contributed by atoms with Gasteiger partial charge in [0.05, 0.1) is 5.39 Å². The van der Waals surface area contributed by atoms with E-state index in [4.69, 9.17) is 4.52 Å². The maximum Gasteiger partial charge on any atom is 0.257 e. The predicted molar refractivity (Wildman–Crippen MR) is 128 cm³/mol. The second kappa shape index (κ2) is 8.91. The van der Waals surface area contributed by atoms with E-state index in [-0.39, 0.29) is 11.5 Å². The molecule has 2 aliphatic heterocycles. The lowest BCUT2D eigenvalue weighted by Crippen LogP contribution is -2.47. The lowest BCUT2D eigenvalue weighted by Gasteiger charge is -2.34. The molecular formula is C25H33N5O3.